The first-order chi connectivity index (χ1) is 9.79. The van der Waals surface area contributed by atoms with Crippen molar-refractivity contribution in [3.05, 3.63) is 35.9 Å². The molecule has 0 atom stereocenters. The van der Waals surface area contributed by atoms with Crippen LogP contribution < -0.4 is 0 Å². The maximum absolute atomic E-state index is 11.9. The van der Waals surface area contributed by atoms with Crippen molar-refractivity contribution in [2.24, 2.45) is 0 Å². The van der Waals surface area contributed by atoms with Gasteiger partial charge in [-0.25, -0.2) is 4.79 Å². The zero-order chi connectivity index (χ0) is 14.2. The molecule has 106 valence electrons. The second kappa shape index (κ2) is 7.65. The van der Waals surface area contributed by atoms with Crippen LogP contribution in [0.2, 0.25) is 0 Å². The van der Waals surface area contributed by atoms with Crippen molar-refractivity contribution in [1.29, 1.82) is 0 Å². The average Bonchev–Trinajstić information content (AvgIpc) is 2.50. The second-order valence-electron chi connectivity index (χ2n) is 4.46. The van der Waals surface area contributed by atoms with Gasteiger partial charge in [-0.2, -0.15) is 0 Å². The number of hydroxylamine groups is 2. The topological polar surface area (TPSA) is 53.0 Å². The minimum atomic E-state index is -0.320. The highest BCUT2D eigenvalue weighted by Crippen LogP contribution is 2.06. The van der Waals surface area contributed by atoms with Gasteiger partial charge in [-0.05, 0) is 12.1 Å². The van der Waals surface area contributed by atoms with Gasteiger partial charge in [-0.1, -0.05) is 30.0 Å². The average molecular weight is 274 g/mol. The molecule has 1 aliphatic heterocycles. The van der Waals surface area contributed by atoms with Crippen LogP contribution in [0.1, 0.15) is 10.4 Å². The van der Waals surface area contributed by atoms with Crippen LogP contribution in [0.15, 0.2) is 30.3 Å². The Morgan fingerprint density at radius 1 is 1.15 bits per heavy atom. The Bertz CT molecular complexity index is 485. The van der Waals surface area contributed by atoms with E-state index in [1.54, 1.807) is 17.2 Å². The quantitative estimate of drug-likeness (QED) is 0.807. The smallest absolute Gasteiger partial charge is 0.357 e. The molecule has 1 fully saturated rings. The molecule has 2 rings (SSSR count). The van der Waals surface area contributed by atoms with Crippen LogP contribution in [0, 0.1) is 11.8 Å². The van der Waals surface area contributed by atoms with Crippen molar-refractivity contribution in [3.8, 4) is 11.8 Å². The van der Waals surface area contributed by atoms with Gasteiger partial charge in [0.1, 0.15) is 6.61 Å². The summed E-state index contributed by atoms with van der Waals surface area (Å²) in [6.07, 6.45) is 0. The van der Waals surface area contributed by atoms with Gasteiger partial charge in [0.05, 0.1) is 12.1 Å². The Morgan fingerprint density at radius 3 is 2.50 bits per heavy atom. The summed E-state index contributed by atoms with van der Waals surface area (Å²) in [4.78, 5) is 19.4. The van der Waals surface area contributed by atoms with Crippen LogP contribution in [-0.4, -0.2) is 60.4 Å². The summed E-state index contributed by atoms with van der Waals surface area (Å²) in [5, 5.41) is 10.3. The summed E-state index contributed by atoms with van der Waals surface area (Å²) in [5.74, 6) is 5.19. The summed E-state index contributed by atoms with van der Waals surface area (Å²) in [6.45, 7) is 3.46. The highest BCUT2D eigenvalue weighted by Gasteiger charge is 2.20. The van der Waals surface area contributed by atoms with Crippen LogP contribution >= 0.6 is 0 Å². The Balaban J connectivity index is 1.76. The Labute approximate surface area is 118 Å². The van der Waals surface area contributed by atoms with Gasteiger partial charge in [0.15, 0.2) is 0 Å². The molecular weight excluding hydrogens is 256 g/mol. The molecule has 1 saturated heterocycles. The lowest BCUT2D eigenvalue weighted by Crippen LogP contribution is -2.46. The van der Waals surface area contributed by atoms with Crippen LogP contribution in [-0.2, 0) is 4.84 Å². The third-order valence-corrected chi connectivity index (χ3v) is 3.06. The SMILES string of the molecule is O=C(ON1CCN(CC#CCO)CC1)c1ccccc1. The van der Waals surface area contributed by atoms with E-state index in [-0.39, 0.29) is 12.6 Å². The Hall–Kier alpha value is -1.87. The van der Waals surface area contributed by atoms with Crippen molar-refractivity contribution in [3.63, 3.8) is 0 Å². The van der Waals surface area contributed by atoms with Gasteiger partial charge in [-0.3, -0.25) is 4.90 Å². The van der Waals surface area contributed by atoms with E-state index in [0.29, 0.717) is 25.2 Å². The van der Waals surface area contributed by atoms with Gasteiger partial charge in [0.25, 0.3) is 0 Å². The molecule has 0 amide bonds. The van der Waals surface area contributed by atoms with Gasteiger partial charge in [0.2, 0.25) is 0 Å². The predicted octanol–water partition coefficient (Wildman–Crippen LogP) is 0.372. The zero-order valence-corrected chi connectivity index (χ0v) is 11.3. The molecule has 0 saturated carbocycles. The monoisotopic (exact) mass is 274 g/mol. The van der Waals surface area contributed by atoms with Crippen molar-refractivity contribution < 1.29 is 14.7 Å². The number of carbonyl (C=O) groups is 1. The fourth-order valence-electron chi connectivity index (χ4n) is 1.95. The predicted molar refractivity (Wildman–Crippen MR) is 74.7 cm³/mol. The molecule has 0 aromatic heterocycles. The summed E-state index contributed by atoms with van der Waals surface area (Å²) in [5.41, 5.74) is 0.559. The van der Waals surface area contributed by atoms with Gasteiger partial charge in [0, 0.05) is 26.2 Å². The van der Waals surface area contributed by atoms with E-state index in [9.17, 15) is 4.79 Å². The minimum absolute atomic E-state index is 0.103. The van der Waals surface area contributed by atoms with Gasteiger partial charge >= 0.3 is 5.97 Å². The van der Waals surface area contributed by atoms with E-state index in [4.69, 9.17) is 9.94 Å². The molecule has 1 N–H and O–H groups in total. The van der Waals surface area contributed by atoms with E-state index in [0.717, 1.165) is 13.1 Å². The van der Waals surface area contributed by atoms with Crippen LogP contribution in [0.4, 0.5) is 0 Å². The van der Waals surface area contributed by atoms with Gasteiger partial charge < -0.3 is 9.94 Å². The third kappa shape index (κ3) is 4.35. The number of carbonyl (C=O) groups excluding carboxylic acids is 1. The normalized spacial score (nSPS) is 16.2. The molecule has 0 spiro atoms. The first kappa shape index (κ1) is 14.5. The zero-order valence-electron chi connectivity index (χ0n) is 11.3. The maximum atomic E-state index is 11.9. The van der Waals surface area contributed by atoms with E-state index in [1.165, 1.54) is 0 Å². The highest BCUT2D eigenvalue weighted by atomic mass is 16.7. The fraction of sp³-hybridized carbons (Fsp3) is 0.400. The van der Waals surface area contributed by atoms with Crippen molar-refractivity contribution in [2.45, 2.75) is 0 Å². The molecule has 1 aromatic carbocycles. The van der Waals surface area contributed by atoms with Crippen molar-refractivity contribution >= 4 is 5.97 Å². The summed E-state index contributed by atoms with van der Waals surface area (Å²) in [7, 11) is 0. The molecule has 0 radical (unpaired) electrons. The number of hydrogen-bond acceptors (Lipinski definition) is 5. The lowest BCUT2D eigenvalue weighted by molar-refractivity contribution is -0.128. The van der Waals surface area contributed by atoms with Crippen molar-refractivity contribution in [1.82, 2.24) is 9.96 Å². The van der Waals surface area contributed by atoms with Crippen LogP contribution in [0.3, 0.4) is 0 Å². The third-order valence-electron chi connectivity index (χ3n) is 3.06. The molecule has 5 nitrogen and oxygen atoms in total. The summed E-state index contributed by atoms with van der Waals surface area (Å²) < 4.78 is 0. The number of aliphatic hydroxyl groups is 1. The molecule has 20 heavy (non-hydrogen) atoms. The van der Waals surface area contributed by atoms with Crippen molar-refractivity contribution in [2.75, 3.05) is 39.3 Å². The number of benzene rings is 1. The Kier molecular flexibility index (Phi) is 5.56. The lowest BCUT2D eigenvalue weighted by atomic mass is 10.2. The number of hydrogen-bond donors (Lipinski definition) is 1. The standard InChI is InChI=1S/C15H18N2O3/c18-13-5-4-8-16-9-11-17(12-10-16)20-15(19)14-6-2-1-3-7-14/h1-3,6-7,18H,8-13H2. The number of aliphatic hydroxyl groups excluding tert-OH is 1. The molecular formula is C15H18N2O3. The van der Waals surface area contributed by atoms with E-state index in [2.05, 4.69) is 16.7 Å². The largest absolute Gasteiger partial charge is 0.384 e. The molecule has 1 aromatic rings. The maximum Gasteiger partial charge on any atom is 0.357 e. The molecule has 0 aliphatic carbocycles. The molecule has 0 bridgehead atoms. The molecule has 5 heteroatoms. The molecule has 0 unspecified atom stereocenters. The first-order valence-corrected chi connectivity index (χ1v) is 6.61. The number of nitrogens with zero attached hydrogens (tertiary/aromatic N) is 2. The molecule has 1 aliphatic rings. The summed E-state index contributed by atoms with van der Waals surface area (Å²) in [6, 6.07) is 8.97. The Morgan fingerprint density at radius 2 is 1.85 bits per heavy atom. The number of piperazine rings is 1. The highest BCUT2D eigenvalue weighted by molar-refractivity contribution is 5.89. The number of rotatable bonds is 3. The van der Waals surface area contributed by atoms with Crippen LogP contribution in [0.25, 0.3) is 0 Å². The molecule has 1 heterocycles. The first-order valence-electron chi connectivity index (χ1n) is 6.61. The lowest BCUT2D eigenvalue weighted by Gasteiger charge is -2.32. The van der Waals surface area contributed by atoms with Gasteiger partial charge in [-0.15, -0.1) is 5.06 Å². The summed E-state index contributed by atoms with van der Waals surface area (Å²) >= 11 is 0. The second-order valence-corrected chi connectivity index (χ2v) is 4.46. The van der Waals surface area contributed by atoms with E-state index < -0.39 is 0 Å². The fourth-order valence-corrected chi connectivity index (χ4v) is 1.95. The van der Waals surface area contributed by atoms with Crippen LogP contribution in [0.5, 0.6) is 0 Å². The minimum Gasteiger partial charge on any atom is -0.384 e. The van der Waals surface area contributed by atoms with E-state index in [1.807, 2.05) is 18.2 Å². The van der Waals surface area contributed by atoms with E-state index >= 15 is 0 Å².